The summed E-state index contributed by atoms with van der Waals surface area (Å²) < 4.78 is 0. The van der Waals surface area contributed by atoms with Gasteiger partial charge in [0.15, 0.2) is 0 Å². The van der Waals surface area contributed by atoms with Crippen LogP contribution in [0.1, 0.15) is 4.88 Å². The smallest absolute Gasteiger partial charge is 0.346 e. The number of carboxylic acid groups (broad SMARTS) is 1. The van der Waals surface area contributed by atoms with Crippen LogP contribution in [0.25, 0.3) is 58.9 Å². The highest BCUT2D eigenvalue weighted by atomic mass is 32.1. The fourth-order valence-corrected chi connectivity index (χ4v) is 8.57. The van der Waals surface area contributed by atoms with Crippen molar-refractivity contribution in [3.05, 3.63) is 168 Å². The molecule has 6 heteroatoms. The average Bonchev–Trinajstić information content (AvgIpc) is 3.85. The van der Waals surface area contributed by atoms with Crippen LogP contribution in [0, 0.1) is 11.3 Å². The summed E-state index contributed by atoms with van der Waals surface area (Å²) in [5.41, 5.74) is 6.48. The van der Waals surface area contributed by atoms with Crippen molar-refractivity contribution in [2.75, 3.05) is 4.90 Å². The van der Waals surface area contributed by atoms with E-state index in [9.17, 15) is 15.2 Å². The first-order chi connectivity index (χ1) is 24.6. The number of thiophene rings is 2. The van der Waals surface area contributed by atoms with E-state index in [0.717, 1.165) is 48.7 Å². The predicted octanol–water partition coefficient (Wildman–Crippen LogP) is 12.6. The Morgan fingerprint density at radius 3 is 1.50 bits per heavy atom. The second-order valence-electron chi connectivity index (χ2n) is 11.7. The highest BCUT2D eigenvalue weighted by Crippen LogP contribution is 2.46. The number of rotatable bonds is 8. The zero-order valence-corrected chi connectivity index (χ0v) is 28.3. The van der Waals surface area contributed by atoms with E-state index in [-0.39, 0.29) is 5.57 Å². The summed E-state index contributed by atoms with van der Waals surface area (Å²) in [6, 6.07) is 56.9. The van der Waals surface area contributed by atoms with Gasteiger partial charge < -0.3 is 10.0 Å². The number of benzene rings is 6. The third-order valence-corrected chi connectivity index (χ3v) is 11.0. The van der Waals surface area contributed by atoms with E-state index >= 15 is 0 Å². The molecule has 0 fully saturated rings. The number of carboxylic acids is 1. The molecular weight excluding hydrogens is 653 g/mol. The Bertz CT molecular complexity index is 2560. The summed E-state index contributed by atoms with van der Waals surface area (Å²) in [6.07, 6.45) is 1.43. The van der Waals surface area contributed by atoms with Crippen LogP contribution in [0.15, 0.2) is 163 Å². The molecule has 4 nitrogen and oxygen atoms in total. The number of nitriles is 1. The van der Waals surface area contributed by atoms with Crippen LogP contribution in [-0.2, 0) is 4.79 Å². The third-order valence-electron chi connectivity index (χ3n) is 8.76. The second kappa shape index (κ2) is 13.3. The molecular formula is C44H28N2O2S2. The van der Waals surface area contributed by atoms with Gasteiger partial charge in [-0.3, -0.25) is 0 Å². The molecule has 1 N–H and O–H groups in total. The molecule has 0 saturated carbocycles. The van der Waals surface area contributed by atoms with E-state index in [4.69, 9.17) is 0 Å². The molecule has 2 aromatic heterocycles. The van der Waals surface area contributed by atoms with Gasteiger partial charge in [-0.15, -0.1) is 22.7 Å². The molecule has 0 aliphatic carbocycles. The lowest BCUT2D eigenvalue weighted by atomic mass is 9.97. The molecule has 50 heavy (non-hydrogen) atoms. The number of carbonyl (C=O) groups is 1. The van der Waals surface area contributed by atoms with Crippen molar-refractivity contribution in [1.29, 1.82) is 5.26 Å². The van der Waals surface area contributed by atoms with E-state index in [1.54, 1.807) is 17.4 Å². The van der Waals surface area contributed by atoms with Gasteiger partial charge in [0.05, 0.1) is 5.69 Å². The van der Waals surface area contributed by atoms with Gasteiger partial charge in [0.1, 0.15) is 11.6 Å². The topological polar surface area (TPSA) is 64.3 Å². The minimum atomic E-state index is -1.22. The van der Waals surface area contributed by atoms with Crippen LogP contribution in [0.2, 0.25) is 0 Å². The number of anilines is 3. The quantitative estimate of drug-likeness (QED) is 0.128. The van der Waals surface area contributed by atoms with Crippen LogP contribution < -0.4 is 4.90 Å². The maximum atomic E-state index is 11.4. The SMILES string of the molecule is N#C/C(=C/c1ccc(-c2ccc(-c3ccc(-c4ccc(N(c5ccccc5)c5ccccc5)c5ccccc45)s3)c3ccccc23)s1)C(=O)O. The Morgan fingerprint density at radius 1 is 0.540 bits per heavy atom. The highest BCUT2D eigenvalue weighted by molar-refractivity contribution is 7.19. The summed E-state index contributed by atoms with van der Waals surface area (Å²) >= 11 is 3.26. The molecule has 0 unspecified atom stereocenters. The van der Waals surface area contributed by atoms with Crippen molar-refractivity contribution in [3.63, 3.8) is 0 Å². The van der Waals surface area contributed by atoms with Crippen LogP contribution in [0.3, 0.4) is 0 Å². The number of para-hydroxylation sites is 2. The molecule has 8 aromatic rings. The summed E-state index contributed by atoms with van der Waals surface area (Å²) in [6.45, 7) is 0. The van der Waals surface area contributed by atoms with Crippen LogP contribution in [0.5, 0.6) is 0 Å². The number of nitrogens with zero attached hydrogens (tertiary/aromatic N) is 2. The zero-order chi connectivity index (χ0) is 34.0. The summed E-state index contributed by atoms with van der Waals surface area (Å²) in [5.74, 6) is -1.22. The van der Waals surface area contributed by atoms with E-state index in [2.05, 4.69) is 132 Å². The van der Waals surface area contributed by atoms with Crippen molar-refractivity contribution in [1.82, 2.24) is 0 Å². The molecule has 6 aromatic carbocycles. The molecule has 0 aliphatic heterocycles. The van der Waals surface area contributed by atoms with Crippen molar-refractivity contribution < 1.29 is 9.90 Å². The van der Waals surface area contributed by atoms with Gasteiger partial charge in [-0.2, -0.15) is 5.26 Å². The molecule has 0 radical (unpaired) electrons. The van der Waals surface area contributed by atoms with Crippen LogP contribution in [-0.4, -0.2) is 11.1 Å². The highest BCUT2D eigenvalue weighted by Gasteiger charge is 2.19. The fraction of sp³-hybridized carbons (Fsp3) is 0. The normalized spacial score (nSPS) is 11.5. The number of hydrogen-bond donors (Lipinski definition) is 1. The Balaban J connectivity index is 1.19. The second-order valence-corrected chi connectivity index (χ2v) is 13.9. The Hall–Kier alpha value is -6.26. The van der Waals surface area contributed by atoms with Gasteiger partial charge in [0.2, 0.25) is 0 Å². The lowest BCUT2D eigenvalue weighted by Crippen LogP contribution is -2.10. The van der Waals surface area contributed by atoms with Gasteiger partial charge >= 0.3 is 5.97 Å². The van der Waals surface area contributed by atoms with E-state index in [1.807, 2.05) is 30.3 Å². The average molecular weight is 681 g/mol. The molecule has 0 amide bonds. The Morgan fingerprint density at radius 2 is 0.980 bits per heavy atom. The minimum absolute atomic E-state index is 0.278. The zero-order valence-electron chi connectivity index (χ0n) is 26.7. The lowest BCUT2D eigenvalue weighted by Gasteiger charge is -2.27. The van der Waals surface area contributed by atoms with Gasteiger partial charge in [-0.05, 0) is 93.5 Å². The molecule has 8 rings (SSSR count). The number of fused-ring (bicyclic) bond motifs is 2. The van der Waals surface area contributed by atoms with E-state index in [0.29, 0.717) is 0 Å². The fourth-order valence-electron chi connectivity index (χ4n) is 6.49. The first kappa shape index (κ1) is 31.0. The molecule has 0 bridgehead atoms. The van der Waals surface area contributed by atoms with Gasteiger partial charge in [0.25, 0.3) is 0 Å². The summed E-state index contributed by atoms with van der Waals surface area (Å²) in [4.78, 5) is 17.8. The number of hydrogen-bond acceptors (Lipinski definition) is 5. The lowest BCUT2D eigenvalue weighted by molar-refractivity contribution is -0.132. The Labute approximate surface area is 297 Å². The van der Waals surface area contributed by atoms with Crippen LogP contribution >= 0.6 is 22.7 Å². The molecule has 0 atom stereocenters. The van der Waals surface area contributed by atoms with E-state index in [1.165, 1.54) is 43.5 Å². The van der Waals surface area contributed by atoms with Crippen LogP contribution in [0.4, 0.5) is 17.1 Å². The standard InChI is InChI=1S/C44H28N2O2S2/c45-28-29(44(47)48)27-32-19-24-41(49-32)37-20-21-38(34-16-8-7-15-33(34)37)42-25-26-43(50-42)39-22-23-40(36-18-10-9-17-35(36)39)46(30-11-3-1-4-12-30)31-13-5-2-6-14-31/h1-27H,(H,47,48)/b29-27-. The van der Waals surface area contributed by atoms with Crippen molar-refractivity contribution in [2.24, 2.45) is 0 Å². The summed E-state index contributed by atoms with van der Waals surface area (Å²) in [5, 5.41) is 23.1. The monoisotopic (exact) mass is 680 g/mol. The Kier molecular flexibility index (Phi) is 8.27. The van der Waals surface area contributed by atoms with Gasteiger partial charge in [0, 0.05) is 36.3 Å². The first-order valence-corrected chi connectivity index (χ1v) is 17.7. The minimum Gasteiger partial charge on any atom is -0.477 e. The van der Waals surface area contributed by atoms with E-state index < -0.39 is 5.97 Å². The van der Waals surface area contributed by atoms with Gasteiger partial charge in [-0.1, -0.05) is 103 Å². The molecule has 238 valence electrons. The molecule has 0 saturated heterocycles. The molecule has 0 spiro atoms. The van der Waals surface area contributed by atoms with Crippen molar-refractivity contribution in [2.45, 2.75) is 0 Å². The first-order valence-electron chi connectivity index (χ1n) is 16.1. The summed E-state index contributed by atoms with van der Waals surface area (Å²) in [7, 11) is 0. The number of aliphatic carboxylic acids is 1. The van der Waals surface area contributed by atoms with Gasteiger partial charge in [-0.25, -0.2) is 4.79 Å². The molecule has 2 heterocycles. The molecule has 0 aliphatic rings. The predicted molar refractivity (Wildman–Crippen MR) is 209 cm³/mol. The largest absolute Gasteiger partial charge is 0.477 e. The van der Waals surface area contributed by atoms with Crippen molar-refractivity contribution >= 4 is 73.3 Å². The maximum Gasteiger partial charge on any atom is 0.346 e. The van der Waals surface area contributed by atoms with Crippen molar-refractivity contribution in [3.8, 4) is 37.4 Å². The third kappa shape index (κ3) is 5.75. The maximum absolute atomic E-state index is 11.4.